The Hall–Kier alpha value is -2.67. The highest BCUT2D eigenvalue weighted by atomic mass is 32.1. The molecular formula is C19H21N3O3S. The van der Waals surface area contributed by atoms with Crippen LogP contribution in [0, 0.1) is 6.92 Å². The maximum atomic E-state index is 12.3. The molecule has 0 saturated heterocycles. The first-order valence-corrected chi connectivity index (χ1v) is 9.32. The number of carbonyl (C=O) groups excluding carboxylic acids is 2. The van der Waals surface area contributed by atoms with Gasteiger partial charge in [0.05, 0.1) is 11.4 Å². The van der Waals surface area contributed by atoms with Crippen LogP contribution >= 0.6 is 11.3 Å². The number of ether oxygens (including phenoxy) is 1. The number of aryl methyl sites for hydroxylation is 1. The molecule has 0 aliphatic carbocycles. The Morgan fingerprint density at radius 3 is 2.73 bits per heavy atom. The van der Waals surface area contributed by atoms with Crippen LogP contribution in [0.2, 0.25) is 0 Å². The van der Waals surface area contributed by atoms with Gasteiger partial charge in [-0.1, -0.05) is 25.1 Å². The van der Waals surface area contributed by atoms with Crippen LogP contribution in [0.25, 0.3) is 15.9 Å². The monoisotopic (exact) mass is 371 g/mol. The van der Waals surface area contributed by atoms with Gasteiger partial charge >= 0.3 is 5.97 Å². The molecule has 1 atom stereocenters. The third-order valence-electron chi connectivity index (χ3n) is 4.10. The molecule has 1 amide bonds. The zero-order valence-electron chi connectivity index (χ0n) is 15.0. The average Bonchev–Trinajstić information content (AvgIpc) is 3.21. The van der Waals surface area contributed by atoms with Gasteiger partial charge in [0.2, 0.25) is 0 Å². The summed E-state index contributed by atoms with van der Waals surface area (Å²) in [5, 5.41) is 8.23. The number of fused-ring (bicyclic) bond motifs is 1. The van der Waals surface area contributed by atoms with Crippen molar-refractivity contribution in [3.8, 4) is 5.69 Å². The highest BCUT2D eigenvalue weighted by Gasteiger charge is 2.19. The highest BCUT2D eigenvalue weighted by Crippen LogP contribution is 2.30. The molecule has 0 fully saturated rings. The van der Waals surface area contributed by atoms with Crippen LogP contribution in [0.3, 0.4) is 0 Å². The minimum atomic E-state index is -0.496. The fraction of sp³-hybridized carbons (Fsp3) is 0.316. The van der Waals surface area contributed by atoms with Gasteiger partial charge in [0.15, 0.2) is 6.61 Å². The molecule has 6 nitrogen and oxygen atoms in total. The third-order valence-corrected chi connectivity index (χ3v) is 5.19. The summed E-state index contributed by atoms with van der Waals surface area (Å²) in [6.45, 7) is 5.51. The number of hydrogen-bond donors (Lipinski definition) is 1. The van der Waals surface area contributed by atoms with E-state index in [1.807, 2.05) is 55.8 Å². The first kappa shape index (κ1) is 18.1. The van der Waals surface area contributed by atoms with Gasteiger partial charge < -0.3 is 10.1 Å². The quantitative estimate of drug-likeness (QED) is 0.674. The number of amides is 1. The fourth-order valence-electron chi connectivity index (χ4n) is 2.51. The van der Waals surface area contributed by atoms with Gasteiger partial charge in [0, 0.05) is 11.4 Å². The summed E-state index contributed by atoms with van der Waals surface area (Å²) in [6.07, 6.45) is 0.825. The Labute approximate surface area is 155 Å². The molecule has 1 aromatic carbocycles. The minimum absolute atomic E-state index is 0.0602. The van der Waals surface area contributed by atoms with Crippen molar-refractivity contribution in [2.24, 2.45) is 0 Å². The molecule has 0 unspecified atom stereocenters. The maximum Gasteiger partial charge on any atom is 0.348 e. The molecule has 2 heterocycles. The van der Waals surface area contributed by atoms with E-state index in [-0.39, 0.29) is 18.6 Å². The largest absolute Gasteiger partial charge is 0.451 e. The number of hydrogen-bond acceptors (Lipinski definition) is 5. The van der Waals surface area contributed by atoms with E-state index in [4.69, 9.17) is 4.74 Å². The second-order valence-electron chi connectivity index (χ2n) is 6.12. The van der Waals surface area contributed by atoms with E-state index in [2.05, 4.69) is 10.4 Å². The summed E-state index contributed by atoms with van der Waals surface area (Å²) in [6, 6.07) is 11.6. The average molecular weight is 371 g/mol. The fourth-order valence-corrected chi connectivity index (χ4v) is 3.59. The first-order valence-electron chi connectivity index (χ1n) is 8.50. The Morgan fingerprint density at radius 2 is 2.04 bits per heavy atom. The van der Waals surface area contributed by atoms with Crippen LogP contribution in [0.4, 0.5) is 0 Å². The maximum absolute atomic E-state index is 12.3. The second-order valence-corrected chi connectivity index (χ2v) is 7.15. The minimum Gasteiger partial charge on any atom is -0.451 e. The van der Waals surface area contributed by atoms with E-state index in [0.717, 1.165) is 28.0 Å². The molecular weight excluding hydrogens is 350 g/mol. The van der Waals surface area contributed by atoms with E-state index < -0.39 is 5.97 Å². The van der Waals surface area contributed by atoms with E-state index in [9.17, 15) is 9.59 Å². The predicted molar refractivity (Wildman–Crippen MR) is 102 cm³/mol. The van der Waals surface area contributed by atoms with E-state index in [1.165, 1.54) is 11.3 Å². The lowest BCUT2D eigenvalue weighted by Crippen LogP contribution is -2.35. The SMILES string of the molecule is CC[C@H](C)NC(=O)COC(=O)c1cc2c(C)nn(-c3ccccc3)c2s1. The third kappa shape index (κ3) is 3.77. The number of nitrogens with one attached hydrogen (secondary N) is 1. The summed E-state index contributed by atoms with van der Waals surface area (Å²) >= 11 is 1.31. The van der Waals surface area contributed by atoms with Crippen molar-refractivity contribution in [1.82, 2.24) is 15.1 Å². The Balaban J connectivity index is 1.77. The summed E-state index contributed by atoms with van der Waals surface area (Å²) in [4.78, 5) is 25.4. The molecule has 0 aliphatic heterocycles. The zero-order chi connectivity index (χ0) is 18.7. The molecule has 1 N–H and O–H groups in total. The van der Waals surface area contributed by atoms with Gasteiger partial charge in [0.1, 0.15) is 9.71 Å². The number of thiophene rings is 1. The lowest BCUT2D eigenvalue weighted by molar-refractivity contribution is -0.124. The number of benzene rings is 1. The van der Waals surface area contributed by atoms with E-state index >= 15 is 0 Å². The molecule has 0 bridgehead atoms. The van der Waals surface area contributed by atoms with Crippen LogP contribution in [-0.2, 0) is 9.53 Å². The Bertz CT molecular complexity index is 930. The van der Waals surface area contributed by atoms with Gasteiger partial charge in [-0.15, -0.1) is 11.3 Å². The smallest absolute Gasteiger partial charge is 0.348 e. The molecule has 0 spiro atoms. The van der Waals surface area contributed by atoms with Crippen molar-refractivity contribution in [1.29, 1.82) is 0 Å². The normalized spacial score (nSPS) is 12.1. The van der Waals surface area contributed by atoms with Crippen molar-refractivity contribution in [2.45, 2.75) is 33.2 Å². The molecule has 3 aromatic rings. The molecule has 7 heteroatoms. The number of esters is 1. The standard InChI is InChI=1S/C19H21N3O3S/c1-4-12(2)20-17(23)11-25-19(24)16-10-15-13(3)21-22(18(15)26-16)14-8-6-5-7-9-14/h5-10,12H,4,11H2,1-3H3,(H,20,23)/t12-/m0/s1. The van der Waals surface area contributed by atoms with Crippen molar-refractivity contribution in [3.05, 3.63) is 47.0 Å². The van der Waals surface area contributed by atoms with Crippen molar-refractivity contribution in [2.75, 3.05) is 6.61 Å². The molecule has 3 rings (SSSR count). The van der Waals surface area contributed by atoms with Crippen LogP contribution in [0.1, 0.15) is 35.6 Å². The zero-order valence-corrected chi connectivity index (χ0v) is 15.8. The van der Waals surface area contributed by atoms with Gasteiger partial charge in [-0.05, 0) is 38.5 Å². The van der Waals surface area contributed by atoms with Crippen LogP contribution in [0.5, 0.6) is 0 Å². The second kappa shape index (κ2) is 7.70. The lowest BCUT2D eigenvalue weighted by Gasteiger charge is -2.11. The molecule has 2 aromatic heterocycles. The van der Waals surface area contributed by atoms with Crippen LogP contribution in [-0.4, -0.2) is 34.3 Å². The number of aromatic nitrogens is 2. The lowest BCUT2D eigenvalue weighted by atomic mass is 10.2. The van der Waals surface area contributed by atoms with Gasteiger partial charge in [-0.2, -0.15) is 5.10 Å². The van der Waals surface area contributed by atoms with Crippen molar-refractivity contribution < 1.29 is 14.3 Å². The molecule has 0 aliphatic rings. The Kier molecular flexibility index (Phi) is 5.37. The summed E-state index contributed by atoms with van der Waals surface area (Å²) in [5.41, 5.74) is 1.77. The number of carbonyl (C=O) groups is 2. The summed E-state index contributed by atoms with van der Waals surface area (Å²) in [5.74, 6) is -0.787. The number of rotatable bonds is 6. The van der Waals surface area contributed by atoms with Crippen molar-refractivity contribution in [3.63, 3.8) is 0 Å². The van der Waals surface area contributed by atoms with E-state index in [0.29, 0.717) is 4.88 Å². The van der Waals surface area contributed by atoms with Crippen LogP contribution < -0.4 is 5.32 Å². The molecule has 0 saturated carbocycles. The van der Waals surface area contributed by atoms with E-state index in [1.54, 1.807) is 6.07 Å². The molecule has 136 valence electrons. The summed E-state index contributed by atoms with van der Waals surface area (Å²) in [7, 11) is 0. The topological polar surface area (TPSA) is 73.2 Å². The molecule has 0 radical (unpaired) electrons. The highest BCUT2D eigenvalue weighted by molar-refractivity contribution is 7.20. The van der Waals surface area contributed by atoms with Crippen molar-refractivity contribution >= 4 is 33.4 Å². The number of para-hydroxylation sites is 1. The van der Waals surface area contributed by atoms with Gasteiger partial charge in [-0.3, -0.25) is 4.79 Å². The van der Waals surface area contributed by atoms with Crippen LogP contribution in [0.15, 0.2) is 36.4 Å². The molecule has 26 heavy (non-hydrogen) atoms. The van der Waals surface area contributed by atoms with Gasteiger partial charge in [0.25, 0.3) is 5.91 Å². The van der Waals surface area contributed by atoms with Gasteiger partial charge in [-0.25, -0.2) is 9.48 Å². The predicted octanol–water partition coefficient (Wildman–Crippen LogP) is 3.47. The Morgan fingerprint density at radius 1 is 1.31 bits per heavy atom. The first-order chi connectivity index (χ1) is 12.5. The number of nitrogens with zero attached hydrogens (tertiary/aromatic N) is 2. The summed E-state index contributed by atoms with van der Waals surface area (Å²) < 4.78 is 6.97.